The lowest BCUT2D eigenvalue weighted by Gasteiger charge is -2.08. The molecule has 0 spiro atoms. The van der Waals surface area contributed by atoms with Crippen molar-refractivity contribution in [2.45, 2.75) is 13.8 Å². The van der Waals surface area contributed by atoms with Crippen LogP contribution in [0.25, 0.3) is 0 Å². The SMILES string of the molecule is CC1=NN(c2ccccn2)C(=O)C1=NN=c1scc(C)n1C. The molecule has 0 saturated carbocycles. The van der Waals surface area contributed by atoms with Gasteiger partial charge in [-0.2, -0.15) is 10.1 Å². The zero-order valence-electron chi connectivity index (χ0n) is 12.4. The van der Waals surface area contributed by atoms with Crippen LogP contribution in [-0.4, -0.2) is 26.9 Å². The predicted molar refractivity (Wildman–Crippen MR) is 85.9 cm³/mol. The predicted octanol–water partition coefficient (Wildman–Crippen LogP) is 1.47. The third-order valence-electron chi connectivity index (χ3n) is 3.24. The second-order valence-corrected chi connectivity index (χ2v) is 5.59. The first-order valence-electron chi connectivity index (χ1n) is 6.62. The van der Waals surface area contributed by atoms with Crippen molar-refractivity contribution in [3.05, 3.63) is 40.3 Å². The summed E-state index contributed by atoms with van der Waals surface area (Å²) in [7, 11) is 1.91. The van der Waals surface area contributed by atoms with Crippen LogP contribution in [0.4, 0.5) is 5.82 Å². The summed E-state index contributed by atoms with van der Waals surface area (Å²) in [6.07, 6.45) is 1.61. The normalized spacial score (nSPS) is 17.5. The Morgan fingerprint density at radius 1 is 1.23 bits per heavy atom. The van der Waals surface area contributed by atoms with Gasteiger partial charge >= 0.3 is 5.91 Å². The van der Waals surface area contributed by atoms with Gasteiger partial charge in [0.05, 0.1) is 5.71 Å². The number of carbonyl (C=O) groups is 1. The number of thiazole rings is 1. The summed E-state index contributed by atoms with van der Waals surface area (Å²) in [5.74, 6) is 0.144. The molecule has 0 aromatic carbocycles. The number of aryl methyl sites for hydroxylation is 1. The standard InChI is InChI=1S/C14H14N6OS/c1-9-8-22-14(19(9)3)17-16-12-10(2)18-20(13(12)21)11-6-4-5-7-15-11/h4-8H,1-3H3. The molecule has 0 fully saturated rings. The van der Waals surface area contributed by atoms with E-state index in [1.807, 2.05) is 23.9 Å². The summed E-state index contributed by atoms with van der Waals surface area (Å²) >= 11 is 1.47. The Balaban J connectivity index is 1.95. The largest absolute Gasteiger partial charge is 0.323 e. The minimum Gasteiger partial charge on any atom is -0.323 e. The minimum absolute atomic E-state index is 0.233. The van der Waals surface area contributed by atoms with E-state index in [1.54, 1.807) is 31.3 Å². The molecule has 0 unspecified atom stereocenters. The molecule has 0 radical (unpaired) electrons. The maximum atomic E-state index is 12.4. The highest BCUT2D eigenvalue weighted by Gasteiger charge is 2.31. The summed E-state index contributed by atoms with van der Waals surface area (Å²) in [4.78, 5) is 17.3. The molecule has 0 N–H and O–H groups in total. The molecule has 1 amide bonds. The Morgan fingerprint density at radius 3 is 2.68 bits per heavy atom. The number of hydrogen-bond donors (Lipinski definition) is 0. The van der Waals surface area contributed by atoms with Crippen molar-refractivity contribution in [2.75, 3.05) is 5.01 Å². The van der Waals surface area contributed by atoms with Crippen LogP contribution >= 0.6 is 11.3 Å². The van der Waals surface area contributed by atoms with Crippen LogP contribution in [0.2, 0.25) is 0 Å². The van der Waals surface area contributed by atoms with E-state index in [0.717, 1.165) is 10.5 Å². The summed E-state index contributed by atoms with van der Waals surface area (Å²) in [5, 5.41) is 15.7. The van der Waals surface area contributed by atoms with Crippen molar-refractivity contribution in [3.8, 4) is 0 Å². The van der Waals surface area contributed by atoms with E-state index in [1.165, 1.54) is 16.3 Å². The third kappa shape index (κ3) is 2.48. The maximum Gasteiger partial charge on any atom is 0.302 e. The topological polar surface area (TPSA) is 75.2 Å². The molecule has 0 atom stereocenters. The Hall–Kier alpha value is -2.61. The van der Waals surface area contributed by atoms with Crippen LogP contribution < -0.4 is 9.81 Å². The van der Waals surface area contributed by atoms with Gasteiger partial charge in [0.15, 0.2) is 11.5 Å². The summed E-state index contributed by atoms with van der Waals surface area (Å²) in [6, 6.07) is 5.30. The van der Waals surface area contributed by atoms with E-state index in [-0.39, 0.29) is 11.6 Å². The Kier molecular flexibility index (Phi) is 3.68. The Bertz CT molecular complexity index is 846. The van der Waals surface area contributed by atoms with E-state index < -0.39 is 0 Å². The highest BCUT2D eigenvalue weighted by molar-refractivity contribution is 7.07. The highest BCUT2D eigenvalue weighted by atomic mass is 32.1. The Morgan fingerprint density at radius 2 is 2.05 bits per heavy atom. The molecule has 2 aromatic heterocycles. The molecule has 3 rings (SSSR count). The van der Waals surface area contributed by atoms with E-state index in [2.05, 4.69) is 20.3 Å². The molecule has 22 heavy (non-hydrogen) atoms. The third-order valence-corrected chi connectivity index (χ3v) is 4.27. The zero-order valence-corrected chi connectivity index (χ0v) is 13.2. The molecule has 1 aliphatic rings. The highest BCUT2D eigenvalue weighted by Crippen LogP contribution is 2.16. The van der Waals surface area contributed by atoms with Gasteiger partial charge in [0.2, 0.25) is 4.80 Å². The first-order valence-corrected chi connectivity index (χ1v) is 7.50. The minimum atomic E-state index is -0.323. The number of rotatable bonds is 2. The second-order valence-electron chi connectivity index (χ2n) is 4.76. The average molecular weight is 314 g/mol. The molecule has 0 saturated heterocycles. The van der Waals surface area contributed by atoms with Gasteiger partial charge in [0.1, 0.15) is 0 Å². The van der Waals surface area contributed by atoms with Crippen molar-refractivity contribution in [2.24, 2.45) is 22.4 Å². The van der Waals surface area contributed by atoms with Gasteiger partial charge < -0.3 is 4.57 Å². The van der Waals surface area contributed by atoms with Gasteiger partial charge in [0.25, 0.3) is 0 Å². The van der Waals surface area contributed by atoms with Gasteiger partial charge in [0, 0.05) is 24.3 Å². The summed E-state index contributed by atoms with van der Waals surface area (Å²) in [6.45, 7) is 3.72. The van der Waals surface area contributed by atoms with Gasteiger partial charge in [-0.15, -0.1) is 21.5 Å². The number of hydrazone groups is 1. The zero-order chi connectivity index (χ0) is 15.7. The van der Waals surface area contributed by atoms with Crippen LogP contribution in [0.5, 0.6) is 0 Å². The van der Waals surface area contributed by atoms with Crippen molar-refractivity contribution in [3.63, 3.8) is 0 Å². The number of amides is 1. The number of nitrogens with zero attached hydrogens (tertiary/aromatic N) is 6. The fourth-order valence-corrected chi connectivity index (χ4v) is 2.70. The monoisotopic (exact) mass is 314 g/mol. The molecule has 112 valence electrons. The number of pyridine rings is 1. The average Bonchev–Trinajstić information content (AvgIpc) is 2.99. The molecule has 8 heteroatoms. The van der Waals surface area contributed by atoms with E-state index in [4.69, 9.17) is 0 Å². The van der Waals surface area contributed by atoms with Gasteiger partial charge in [-0.05, 0) is 26.0 Å². The second kappa shape index (κ2) is 5.64. The van der Waals surface area contributed by atoms with Crippen molar-refractivity contribution < 1.29 is 4.79 Å². The number of aromatic nitrogens is 2. The molecular formula is C14H14N6OS. The molecular weight excluding hydrogens is 300 g/mol. The number of anilines is 1. The first kappa shape index (κ1) is 14.3. The first-order chi connectivity index (χ1) is 10.6. The number of hydrogen-bond acceptors (Lipinski definition) is 6. The van der Waals surface area contributed by atoms with Gasteiger partial charge in [-0.25, -0.2) is 4.98 Å². The molecule has 3 heterocycles. The van der Waals surface area contributed by atoms with E-state index in [9.17, 15) is 4.79 Å². The van der Waals surface area contributed by atoms with Gasteiger partial charge in [-0.3, -0.25) is 4.79 Å². The van der Waals surface area contributed by atoms with Crippen LogP contribution in [0, 0.1) is 6.92 Å². The van der Waals surface area contributed by atoms with Crippen molar-refractivity contribution >= 4 is 34.5 Å². The Labute approximate surface area is 131 Å². The maximum absolute atomic E-state index is 12.4. The quantitative estimate of drug-likeness (QED) is 0.787. The molecule has 1 aliphatic heterocycles. The van der Waals surface area contributed by atoms with E-state index >= 15 is 0 Å². The lowest BCUT2D eigenvalue weighted by atomic mass is 10.2. The lowest BCUT2D eigenvalue weighted by molar-refractivity contribution is -0.112. The fraction of sp³-hybridized carbons (Fsp3) is 0.214. The molecule has 0 bridgehead atoms. The van der Waals surface area contributed by atoms with Crippen molar-refractivity contribution in [1.82, 2.24) is 9.55 Å². The smallest absolute Gasteiger partial charge is 0.302 e. The van der Waals surface area contributed by atoms with Crippen LogP contribution in [-0.2, 0) is 11.8 Å². The van der Waals surface area contributed by atoms with Crippen LogP contribution in [0.3, 0.4) is 0 Å². The van der Waals surface area contributed by atoms with Gasteiger partial charge in [-0.1, -0.05) is 6.07 Å². The molecule has 2 aromatic rings. The number of carbonyl (C=O) groups excluding carboxylic acids is 1. The lowest BCUT2D eigenvalue weighted by Crippen LogP contribution is -2.27. The fourth-order valence-electron chi connectivity index (χ4n) is 1.88. The van der Waals surface area contributed by atoms with E-state index in [0.29, 0.717) is 11.5 Å². The summed E-state index contributed by atoms with van der Waals surface area (Å²) in [5.41, 5.74) is 1.84. The molecule has 0 aliphatic carbocycles. The van der Waals surface area contributed by atoms with Crippen LogP contribution in [0.1, 0.15) is 12.6 Å². The van der Waals surface area contributed by atoms with Crippen molar-refractivity contribution in [1.29, 1.82) is 0 Å². The van der Waals surface area contributed by atoms with Crippen LogP contribution in [0.15, 0.2) is 45.1 Å². The molecule has 7 nitrogen and oxygen atoms in total. The summed E-state index contributed by atoms with van der Waals surface area (Å²) < 4.78 is 1.91.